The lowest BCUT2D eigenvalue weighted by Gasteiger charge is -2.28. The molecule has 8 nitrogen and oxygen atoms in total. The predicted molar refractivity (Wildman–Crippen MR) is 109 cm³/mol. The Morgan fingerprint density at radius 2 is 1.72 bits per heavy atom. The minimum atomic E-state index is -0.539. The van der Waals surface area contributed by atoms with Crippen molar-refractivity contribution in [2.24, 2.45) is 11.8 Å². The Balaban J connectivity index is 1.34. The average molecular weight is 429 g/mol. The van der Waals surface area contributed by atoms with E-state index in [2.05, 4.69) is 6.07 Å². The molecule has 2 aromatic carbocycles. The van der Waals surface area contributed by atoms with Gasteiger partial charge >= 0.3 is 0 Å². The zero-order valence-electron chi connectivity index (χ0n) is 17.1. The molecule has 4 heterocycles. The molecule has 6 rings (SSSR count). The van der Waals surface area contributed by atoms with Gasteiger partial charge in [0.2, 0.25) is 18.6 Å². The zero-order chi connectivity index (χ0) is 22.0. The summed E-state index contributed by atoms with van der Waals surface area (Å²) in [5.41, 5.74) is 2.16. The van der Waals surface area contributed by atoms with Gasteiger partial charge in [-0.3, -0.25) is 24.2 Å². The fourth-order valence-corrected chi connectivity index (χ4v) is 5.62. The molecule has 3 saturated heterocycles. The minimum Gasteiger partial charge on any atom is -0.454 e. The number of ether oxygens (including phenoxy) is 2. The fourth-order valence-electron chi connectivity index (χ4n) is 5.62. The standard InChI is InChI=1S/C24H19N3O5/c25-9-13-1-4-15(5-2-13)22-21-20(17-8-16(28)11-26(17)22)23(29)27(24(21)30)10-14-3-6-18-19(7-14)32-12-31-18/h1-7,17,20-22H,8,10-12H2/t17-,20-,21-,22-/m0/s1. The first-order valence-corrected chi connectivity index (χ1v) is 10.6. The van der Waals surface area contributed by atoms with E-state index in [1.54, 1.807) is 24.3 Å². The van der Waals surface area contributed by atoms with Crippen molar-refractivity contribution in [3.8, 4) is 17.6 Å². The summed E-state index contributed by atoms with van der Waals surface area (Å²) in [5, 5.41) is 9.11. The number of imide groups is 1. The van der Waals surface area contributed by atoms with E-state index in [1.165, 1.54) is 4.90 Å². The van der Waals surface area contributed by atoms with Gasteiger partial charge in [-0.05, 0) is 35.4 Å². The van der Waals surface area contributed by atoms with Crippen LogP contribution in [-0.2, 0) is 20.9 Å². The number of Topliss-reactive ketones (excluding diaryl/α,β-unsaturated/α-hetero) is 1. The van der Waals surface area contributed by atoms with Crippen molar-refractivity contribution in [1.29, 1.82) is 5.26 Å². The molecule has 160 valence electrons. The largest absolute Gasteiger partial charge is 0.454 e. The molecule has 4 atom stereocenters. The number of rotatable bonds is 3. The molecule has 0 unspecified atom stereocenters. The van der Waals surface area contributed by atoms with Gasteiger partial charge in [0.05, 0.1) is 36.6 Å². The quantitative estimate of drug-likeness (QED) is 0.686. The number of hydrogen-bond donors (Lipinski definition) is 0. The topological polar surface area (TPSA) is 99.9 Å². The van der Waals surface area contributed by atoms with Crippen molar-refractivity contribution < 1.29 is 23.9 Å². The molecule has 32 heavy (non-hydrogen) atoms. The summed E-state index contributed by atoms with van der Waals surface area (Å²) < 4.78 is 10.8. The lowest BCUT2D eigenvalue weighted by atomic mass is 9.85. The molecule has 0 spiro atoms. The summed E-state index contributed by atoms with van der Waals surface area (Å²) in [6, 6.07) is 13.9. The maximum atomic E-state index is 13.5. The molecular weight excluding hydrogens is 410 g/mol. The molecule has 2 amide bonds. The van der Waals surface area contributed by atoms with E-state index in [4.69, 9.17) is 14.7 Å². The Hall–Kier alpha value is -3.70. The monoisotopic (exact) mass is 429 g/mol. The van der Waals surface area contributed by atoms with Crippen molar-refractivity contribution in [3.63, 3.8) is 0 Å². The number of benzene rings is 2. The maximum Gasteiger partial charge on any atom is 0.235 e. The summed E-state index contributed by atoms with van der Waals surface area (Å²) in [4.78, 5) is 42.6. The van der Waals surface area contributed by atoms with Crippen LogP contribution in [0.3, 0.4) is 0 Å². The van der Waals surface area contributed by atoms with Gasteiger partial charge in [-0.1, -0.05) is 18.2 Å². The number of carbonyl (C=O) groups is 3. The van der Waals surface area contributed by atoms with E-state index in [1.807, 2.05) is 23.1 Å². The van der Waals surface area contributed by atoms with Gasteiger partial charge in [-0.25, -0.2) is 0 Å². The molecule has 0 saturated carbocycles. The number of nitrogens with zero attached hydrogens (tertiary/aromatic N) is 3. The van der Waals surface area contributed by atoms with E-state index in [0.29, 0.717) is 17.1 Å². The Bertz CT molecular complexity index is 1200. The van der Waals surface area contributed by atoms with Crippen LogP contribution in [0.5, 0.6) is 11.5 Å². The number of nitriles is 1. The molecule has 0 aromatic heterocycles. The smallest absolute Gasteiger partial charge is 0.235 e. The van der Waals surface area contributed by atoms with E-state index >= 15 is 0 Å². The van der Waals surface area contributed by atoms with Crippen LogP contribution in [0.15, 0.2) is 42.5 Å². The van der Waals surface area contributed by atoms with E-state index in [0.717, 1.165) is 11.1 Å². The highest BCUT2D eigenvalue weighted by atomic mass is 16.7. The van der Waals surface area contributed by atoms with Gasteiger partial charge in [0.25, 0.3) is 0 Å². The van der Waals surface area contributed by atoms with E-state index in [-0.39, 0.29) is 56.0 Å². The molecule has 0 aliphatic carbocycles. The van der Waals surface area contributed by atoms with Gasteiger partial charge in [-0.15, -0.1) is 0 Å². The number of fused-ring (bicyclic) bond motifs is 4. The summed E-state index contributed by atoms with van der Waals surface area (Å²) in [6.45, 7) is 0.551. The third-order valence-electron chi connectivity index (χ3n) is 6.98. The number of carbonyl (C=O) groups excluding carboxylic acids is 3. The van der Waals surface area contributed by atoms with Gasteiger partial charge in [-0.2, -0.15) is 5.26 Å². The second-order valence-electron chi connectivity index (χ2n) is 8.66. The summed E-state index contributed by atoms with van der Waals surface area (Å²) in [6.07, 6.45) is 0.283. The van der Waals surface area contributed by atoms with Crippen LogP contribution in [0, 0.1) is 23.2 Å². The van der Waals surface area contributed by atoms with Crippen LogP contribution in [-0.4, -0.2) is 46.8 Å². The first-order valence-electron chi connectivity index (χ1n) is 10.6. The maximum absolute atomic E-state index is 13.5. The van der Waals surface area contributed by atoms with Crippen molar-refractivity contribution in [2.45, 2.75) is 25.0 Å². The van der Waals surface area contributed by atoms with Gasteiger partial charge < -0.3 is 9.47 Å². The highest BCUT2D eigenvalue weighted by molar-refractivity contribution is 6.07. The van der Waals surface area contributed by atoms with Gasteiger partial charge in [0, 0.05) is 18.5 Å². The van der Waals surface area contributed by atoms with E-state index in [9.17, 15) is 14.4 Å². The lowest BCUT2D eigenvalue weighted by Crippen LogP contribution is -2.38. The van der Waals surface area contributed by atoms with Crippen molar-refractivity contribution >= 4 is 17.6 Å². The first kappa shape index (κ1) is 19.0. The molecule has 3 fully saturated rings. The lowest BCUT2D eigenvalue weighted by molar-refractivity contribution is -0.142. The van der Waals surface area contributed by atoms with Crippen LogP contribution in [0.1, 0.15) is 29.2 Å². The van der Waals surface area contributed by atoms with Crippen LogP contribution < -0.4 is 9.47 Å². The average Bonchev–Trinajstić information content (AvgIpc) is 3.53. The number of hydrogen-bond acceptors (Lipinski definition) is 7. The summed E-state index contributed by atoms with van der Waals surface area (Å²) >= 11 is 0. The molecule has 4 aliphatic rings. The highest BCUT2D eigenvalue weighted by Gasteiger charge is 2.64. The van der Waals surface area contributed by atoms with E-state index < -0.39 is 11.8 Å². The highest BCUT2D eigenvalue weighted by Crippen LogP contribution is 2.52. The molecule has 4 aliphatic heterocycles. The first-order chi connectivity index (χ1) is 15.5. The molecule has 0 radical (unpaired) electrons. The Labute approximate surface area is 183 Å². The van der Waals surface area contributed by atoms with Crippen LogP contribution in [0.25, 0.3) is 0 Å². The third kappa shape index (κ3) is 2.68. The van der Waals surface area contributed by atoms with Gasteiger partial charge in [0.1, 0.15) is 5.78 Å². The van der Waals surface area contributed by atoms with Crippen molar-refractivity contribution in [3.05, 3.63) is 59.2 Å². The fraction of sp³-hybridized carbons (Fsp3) is 0.333. The normalized spacial score (nSPS) is 28.2. The van der Waals surface area contributed by atoms with Crippen LogP contribution >= 0.6 is 0 Å². The summed E-state index contributed by atoms with van der Waals surface area (Å²) in [7, 11) is 0. The predicted octanol–water partition coefficient (Wildman–Crippen LogP) is 1.79. The second-order valence-corrected chi connectivity index (χ2v) is 8.66. The van der Waals surface area contributed by atoms with Crippen molar-refractivity contribution in [1.82, 2.24) is 9.80 Å². The molecule has 8 heteroatoms. The summed E-state index contributed by atoms with van der Waals surface area (Å²) in [5.74, 6) is -0.185. The van der Waals surface area contributed by atoms with Gasteiger partial charge in [0.15, 0.2) is 11.5 Å². The SMILES string of the molecule is N#Cc1ccc([C@H]2[C@H]3C(=O)N(Cc4ccc5c(c4)OCO5)C(=O)[C@H]3[C@@H]3CC(=O)CN32)cc1. The molecule has 2 aromatic rings. The Morgan fingerprint density at radius 3 is 2.50 bits per heavy atom. The minimum absolute atomic E-state index is 0.0848. The molecule has 0 N–H and O–H groups in total. The van der Waals surface area contributed by atoms with Crippen molar-refractivity contribution in [2.75, 3.05) is 13.3 Å². The molecule has 0 bridgehead atoms. The van der Waals surface area contributed by atoms with Crippen LogP contribution in [0.4, 0.5) is 0 Å². The Morgan fingerprint density at radius 1 is 0.969 bits per heavy atom. The Kier molecular flexibility index (Phi) is 4.10. The second kappa shape index (κ2) is 6.90. The number of likely N-dealkylation sites (tertiary alicyclic amines) is 1. The van der Waals surface area contributed by atoms with Crippen LogP contribution in [0.2, 0.25) is 0 Å². The number of amides is 2. The third-order valence-corrected chi connectivity index (χ3v) is 6.98. The molecular formula is C24H19N3O5. The zero-order valence-corrected chi connectivity index (χ0v) is 17.1. The number of ketones is 1.